The van der Waals surface area contributed by atoms with Crippen molar-refractivity contribution in [3.05, 3.63) is 29.8 Å². The van der Waals surface area contributed by atoms with E-state index in [-0.39, 0.29) is 0 Å². The fraction of sp³-hybridized carbons (Fsp3) is 0.632. The number of alkyl halides is 1. The highest BCUT2D eigenvalue weighted by Gasteiger charge is 2.09. The lowest BCUT2D eigenvalue weighted by atomic mass is 9.95. The minimum atomic E-state index is -0.874. The van der Waals surface area contributed by atoms with Crippen molar-refractivity contribution in [2.75, 3.05) is 17.2 Å². The van der Waals surface area contributed by atoms with Gasteiger partial charge in [-0.25, -0.2) is 4.79 Å². The van der Waals surface area contributed by atoms with Gasteiger partial charge in [0.1, 0.15) is 0 Å². The predicted octanol–water partition coefficient (Wildman–Crippen LogP) is 5.95. The van der Waals surface area contributed by atoms with Crippen LogP contribution in [0.2, 0.25) is 0 Å². The number of halogens is 1. The molecule has 0 spiro atoms. The quantitative estimate of drug-likeness (QED) is 0.326. The molecule has 0 aliphatic rings. The minimum absolute atomic E-state index is 0.338. The van der Waals surface area contributed by atoms with E-state index in [2.05, 4.69) is 28.2 Å². The Bertz CT molecular complexity index is 434. The Labute approximate surface area is 149 Å². The Morgan fingerprint density at radius 3 is 2.35 bits per heavy atom. The topological polar surface area (TPSA) is 49.3 Å². The third-order valence-corrected chi connectivity index (χ3v) is 4.75. The lowest BCUT2D eigenvalue weighted by Gasteiger charge is -2.18. The van der Waals surface area contributed by atoms with Crippen LogP contribution in [0.5, 0.6) is 0 Å². The molecule has 1 atom stereocenters. The van der Waals surface area contributed by atoms with Crippen LogP contribution in [-0.4, -0.2) is 23.0 Å². The van der Waals surface area contributed by atoms with E-state index in [4.69, 9.17) is 5.11 Å². The first-order valence-electron chi connectivity index (χ1n) is 8.80. The molecule has 1 rings (SSSR count). The Kier molecular flexibility index (Phi) is 10.8. The molecule has 23 heavy (non-hydrogen) atoms. The third kappa shape index (κ3) is 8.99. The molecular formula is C19H30BrNO2. The monoisotopic (exact) mass is 383 g/mol. The summed E-state index contributed by atoms with van der Waals surface area (Å²) >= 11 is 3.48. The summed E-state index contributed by atoms with van der Waals surface area (Å²) in [5.41, 5.74) is 1.35. The zero-order valence-electron chi connectivity index (χ0n) is 14.2. The van der Waals surface area contributed by atoms with Crippen molar-refractivity contribution >= 4 is 27.6 Å². The van der Waals surface area contributed by atoms with Gasteiger partial charge in [-0.05, 0) is 49.4 Å². The zero-order valence-corrected chi connectivity index (χ0v) is 15.8. The van der Waals surface area contributed by atoms with Crippen LogP contribution in [-0.2, 0) is 0 Å². The molecule has 0 saturated heterocycles. The van der Waals surface area contributed by atoms with E-state index in [1.807, 2.05) is 12.1 Å². The standard InChI is InChI=1S/C19H30BrNO2/c1-2-3-8-16(9-6-4-5-7-14-20)15-21-18-12-10-17(11-13-18)19(22)23/h10-13,16,21H,2-9,14-15H2,1H3,(H,22,23). The molecule has 0 fully saturated rings. The number of anilines is 1. The number of hydrogen-bond donors (Lipinski definition) is 2. The number of carbonyl (C=O) groups is 1. The smallest absolute Gasteiger partial charge is 0.335 e. The molecule has 1 aromatic carbocycles. The number of aromatic carboxylic acids is 1. The van der Waals surface area contributed by atoms with Gasteiger partial charge >= 0.3 is 5.97 Å². The number of hydrogen-bond acceptors (Lipinski definition) is 2. The lowest BCUT2D eigenvalue weighted by Crippen LogP contribution is -2.14. The van der Waals surface area contributed by atoms with Crippen LogP contribution in [0.25, 0.3) is 0 Å². The van der Waals surface area contributed by atoms with Gasteiger partial charge in [-0.3, -0.25) is 0 Å². The van der Waals surface area contributed by atoms with Gasteiger partial charge in [0.2, 0.25) is 0 Å². The second-order valence-electron chi connectivity index (χ2n) is 6.16. The van der Waals surface area contributed by atoms with Gasteiger partial charge < -0.3 is 10.4 Å². The molecule has 0 heterocycles. The van der Waals surface area contributed by atoms with Crippen LogP contribution in [0.3, 0.4) is 0 Å². The fourth-order valence-corrected chi connectivity index (χ4v) is 3.11. The predicted molar refractivity (Wildman–Crippen MR) is 102 cm³/mol. The number of carboxylic acids is 1. The van der Waals surface area contributed by atoms with Crippen molar-refractivity contribution in [1.82, 2.24) is 0 Å². The number of carboxylic acid groups (broad SMARTS) is 1. The molecule has 0 aliphatic carbocycles. The van der Waals surface area contributed by atoms with E-state index >= 15 is 0 Å². The van der Waals surface area contributed by atoms with Gasteiger partial charge in [-0.15, -0.1) is 0 Å². The lowest BCUT2D eigenvalue weighted by molar-refractivity contribution is 0.0697. The summed E-state index contributed by atoms with van der Waals surface area (Å²) in [6.07, 6.45) is 10.3. The zero-order chi connectivity index (χ0) is 16.9. The minimum Gasteiger partial charge on any atom is -0.478 e. The third-order valence-electron chi connectivity index (χ3n) is 4.19. The van der Waals surface area contributed by atoms with Gasteiger partial charge in [-0.1, -0.05) is 55.0 Å². The number of nitrogens with one attached hydrogen (secondary N) is 1. The van der Waals surface area contributed by atoms with Crippen LogP contribution < -0.4 is 5.32 Å². The molecule has 0 saturated carbocycles. The highest BCUT2D eigenvalue weighted by Crippen LogP contribution is 2.19. The average Bonchev–Trinajstić information content (AvgIpc) is 2.56. The number of rotatable bonds is 13. The van der Waals surface area contributed by atoms with Crippen LogP contribution in [0, 0.1) is 5.92 Å². The van der Waals surface area contributed by atoms with Gasteiger partial charge in [-0.2, -0.15) is 0 Å². The molecule has 1 unspecified atom stereocenters. The molecular weight excluding hydrogens is 354 g/mol. The summed E-state index contributed by atoms with van der Waals surface area (Å²) in [5, 5.41) is 13.5. The van der Waals surface area contributed by atoms with Crippen LogP contribution >= 0.6 is 15.9 Å². The van der Waals surface area contributed by atoms with Crippen molar-refractivity contribution < 1.29 is 9.90 Å². The van der Waals surface area contributed by atoms with Gasteiger partial charge in [0.15, 0.2) is 0 Å². The van der Waals surface area contributed by atoms with Gasteiger partial charge in [0.25, 0.3) is 0 Å². The maximum Gasteiger partial charge on any atom is 0.335 e. The van der Waals surface area contributed by atoms with Crippen molar-refractivity contribution in [3.63, 3.8) is 0 Å². The van der Waals surface area contributed by atoms with Crippen molar-refractivity contribution in [2.24, 2.45) is 5.92 Å². The van der Waals surface area contributed by atoms with E-state index in [9.17, 15) is 4.79 Å². The van der Waals surface area contributed by atoms with Gasteiger partial charge in [0, 0.05) is 17.6 Å². The summed E-state index contributed by atoms with van der Waals surface area (Å²) in [4.78, 5) is 10.9. The molecule has 2 N–H and O–H groups in total. The Morgan fingerprint density at radius 1 is 1.09 bits per heavy atom. The molecule has 130 valence electrons. The normalized spacial score (nSPS) is 12.1. The first-order valence-corrected chi connectivity index (χ1v) is 9.92. The van der Waals surface area contributed by atoms with E-state index in [0.717, 1.165) is 17.6 Å². The van der Waals surface area contributed by atoms with Crippen LogP contribution in [0.15, 0.2) is 24.3 Å². The molecule has 0 aromatic heterocycles. The molecule has 3 nitrogen and oxygen atoms in total. The van der Waals surface area contributed by atoms with Crippen molar-refractivity contribution in [1.29, 1.82) is 0 Å². The molecule has 0 aliphatic heterocycles. The Hall–Kier alpha value is -1.03. The molecule has 4 heteroatoms. The first-order chi connectivity index (χ1) is 11.2. The van der Waals surface area contributed by atoms with E-state index < -0.39 is 5.97 Å². The molecule has 0 bridgehead atoms. The summed E-state index contributed by atoms with van der Waals surface area (Å²) in [6.45, 7) is 3.22. The summed E-state index contributed by atoms with van der Waals surface area (Å²) in [5.74, 6) is -0.168. The summed E-state index contributed by atoms with van der Waals surface area (Å²) < 4.78 is 0. The average molecular weight is 384 g/mol. The molecule has 0 radical (unpaired) electrons. The second kappa shape index (κ2) is 12.4. The van der Waals surface area contributed by atoms with E-state index in [1.165, 1.54) is 51.4 Å². The SMILES string of the molecule is CCCCC(CCCCCCBr)CNc1ccc(C(=O)O)cc1. The number of benzene rings is 1. The van der Waals surface area contributed by atoms with Crippen LogP contribution in [0.4, 0.5) is 5.69 Å². The second-order valence-corrected chi connectivity index (χ2v) is 6.96. The first kappa shape index (κ1) is 20.0. The van der Waals surface area contributed by atoms with E-state index in [0.29, 0.717) is 11.5 Å². The Balaban J connectivity index is 2.38. The largest absolute Gasteiger partial charge is 0.478 e. The highest BCUT2D eigenvalue weighted by atomic mass is 79.9. The summed E-state index contributed by atoms with van der Waals surface area (Å²) in [6, 6.07) is 7.03. The van der Waals surface area contributed by atoms with Crippen molar-refractivity contribution in [3.8, 4) is 0 Å². The highest BCUT2D eigenvalue weighted by molar-refractivity contribution is 9.09. The Morgan fingerprint density at radius 2 is 1.74 bits per heavy atom. The maximum absolute atomic E-state index is 10.9. The fourth-order valence-electron chi connectivity index (χ4n) is 2.72. The maximum atomic E-state index is 10.9. The van der Waals surface area contributed by atoms with Crippen LogP contribution in [0.1, 0.15) is 68.6 Å². The number of unbranched alkanes of at least 4 members (excludes halogenated alkanes) is 4. The molecule has 1 aromatic rings. The van der Waals surface area contributed by atoms with Crippen molar-refractivity contribution in [2.45, 2.75) is 58.3 Å². The summed E-state index contributed by atoms with van der Waals surface area (Å²) in [7, 11) is 0. The van der Waals surface area contributed by atoms with Gasteiger partial charge in [0.05, 0.1) is 5.56 Å². The van der Waals surface area contributed by atoms with E-state index in [1.54, 1.807) is 12.1 Å². The molecule has 0 amide bonds.